The van der Waals surface area contributed by atoms with Crippen molar-refractivity contribution < 1.29 is 23.1 Å². The van der Waals surface area contributed by atoms with Gasteiger partial charge in [-0.25, -0.2) is 8.42 Å². The summed E-state index contributed by atoms with van der Waals surface area (Å²) >= 11 is 0. The minimum Gasteiger partial charge on any atom is -0.506 e. The lowest BCUT2D eigenvalue weighted by Gasteiger charge is -2.17. The number of rotatable bonds is 8. The van der Waals surface area contributed by atoms with Crippen LogP contribution >= 0.6 is 0 Å². The highest BCUT2D eigenvalue weighted by molar-refractivity contribution is 7.92. The van der Waals surface area contributed by atoms with Crippen LogP contribution in [0.3, 0.4) is 0 Å². The molecule has 3 N–H and O–H groups in total. The van der Waals surface area contributed by atoms with E-state index in [-0.39, 0.29) is 27.9 Å². The van der Waals surface area contributed by atoms with E-state index >= 15 is 0 Å². The molecule has 7 nitrogen and oxygen atoms in total. The molecule has 162 valence electrons. The van der Waals surface area contributed by atoms with E-state index < -0.39 is 15.9 Å². The van der Waals surface area contributed by atoms with Crippen LogP contribution in [-0.2, 0) is 14.8 Å². The van der Waals surface area contributed by atoms with Crippen LogP contribution < -0.4 is 14.8 Å². The van der Waals surface area contributed by atoms with Gasteiger partial charge in [-0.2, -0.15) is 0 Å². The molecule has 0 radical (unpaired) electrons. The predicted octanol–water partition coefficient (Wildman–Crippen LogP) is 4.33. The van der Waals surface area contributed by atoms with Gasteiger partial charge in [-0.15, -0.1) is 0 Å². The van der Waals surface area contributed by atoms with Gasteiger partial charge >= 0.3 is 0 Å². The number of hydrogen-bond donors (Lipinski definition) is 3. The molecule has 0 bridgehead atoms. The summed E-state index contributed by atoms with van der Waals surface area (Å²) in [4.78, 5) is 12.7. The van der Waals surface area contributed by atoms with Gasteiger partial charge in [0.25, 0.3) is 10.0 Å². The second-order valence-corrected chi connectivity index (χ2v) is 8.53. The van der Waals surface area contributed by atoms with Crippen LogP contribution in [0.2, 0.25) is 0 Å². The lowest BCUT2D eigenvalue weighted by atomic mass is 9.95. The van der Waals surface area contributed by atoms with E-state index in [0.717, 1.165) is 5.56 Å². The second-order valence-electron chi connectivity index (χ2n) is 6.85. The van der Waals surface area contributed by atoms with Crippen molar-refractivity contribution in [2.45, 2.75) is 24.2 Å². The Hall–Kier alpha value is -3.52. The molecule has 3 aromatic rings. The number of phenols is 1. The van der Waals surface area contributed by atoms with Crippen LogP contribution in [0.15, 0.2) is 77.7 Å². The molecule has 0 spiro atoms. The average Bonchev–Trinajstić information content (AvgIpc) is 2.76. The van der Waals surface area contributed by atoms with Crippen LogP contribution in [0, 0.1) is 0 Å². The first-order valence-electron chi connectivity index (χ1n) is 9.70. The summed E-state index contributed by atoms with van der Waals surface area (Å²) < 4.78 is 33.4. The molecule has 1 atom stereocenters. The van der Waals surface area contributed by atoms with E-state index in [1.807, 2.05) is 37.3 Å². The maximum absolute atomic E-state index is 12.9. The van der Waals surface area contributed by atoms with Crippen molar-refractivity contribution in [2.75, 3.05) is 17.1 Å². The number of nitrogens with one attached hydrogen (secondary N) is 2. The predicted molar refractivity (Wildman–Crippen MR) is 120 cm³/mol. The third kappa shape index (κ3) is 5.16. The number of sulfonamides is 1. The zero-order valence-corrected chi connectivity index (χ0v) is 18.0. The molecule has 0 saturated heterocycles. The Morgan fingerprint density at radius 1 is 1.00 bits per heavy atom. The van der Waals surface area contributed by atoms with Crippen molar-refractivity contribution in [3.05, 3.63) is 78.4 Å². The summed E-state index contributed by atoms with van der Waals surface area (Å²) in [6.45, 7) is 1.88. The molecular formula is C23H24N2O5S. The van der Waals surface area contributed by atoms with E-state index in [4.69, 9.17) is 4.74 Å². The standard InChI is InChI=1S/C23H24N2O5S/c1-3-18(16-9-5-4-6-10-16)23(27)24-20-15-17(13-14-21(20)26)31(28,29)25-19-11-7-8-12-22(19)30-2/h4-15,18,25-26H,3H2,1-2H3,(H,24,27). The molecule has 0 heterocycles. The van der Waals surface area contributed by atoms with Crippen molar-refractivity contribution in [1.29, 1.82) is 0 Å². The SMILES string of the molecule is CCC(C(=O)Nc1cc(S(=O)(=O)Nc2ccccc2OC)ccc1O)c1ccccc1. The highest BCUT2D eigenvalue weighted by Gasteiger charge is 2.22. The molecule has 0 aliphatic rings. The van der Waals surface area contributed by atoms with Crippen LogP contribution in [0.25, 0.3) is 0 Å². The minimum absolute atomic E-state index is 0.0160. The molecule has 1 amide bonds. The number of ether oxygens (including phenoxy) is 1. The molecule has 0 saturated carbocycles. The lowest BCUT2D eigenvalue weighted by molar-refractivity contribution is -0.117. The van der Waals surface area contributed by atoms with E-state index in [2.05, 4.69) is 10.0 Å². The summed E-state index contributed by atoms with van der Waals surface area (Å²) in [5.41, 5.74) is 1.13. The minimum atomic E-state index is -3.99. The normalized spacial score (nSPS) is 12.1. The van der Waals surface area contributed by atoms with E-state index in [9.17, 15) is 18.3 Å². The van der Waals surface area contributed by atoms with Crippen molar-refractivity contribution in [3.8, 4) is 11.5 Å². The van der Waals surface area contributed by atoms with Gasteiger partial charge in [-0.1, -0.05) is 49.4 Å². The van der Waals surface area contributed by atoms with E-state index in [0.29, 0.717) is 12.2 Å². The third-order valence-electron chi connectivity index (χ3n) is 4.81. The fourth-order valence-corrected chi connectivity index (χ4v) is 4.29. The molecule has 1 unspecified atom stereocenters. The fraction of sp³-hybridized carbons (Fsp3) is 0.174. The molecule has 0 aliphatic heterocycles. The van der Waals surface area contributed by atoms with Gasteiger partial charge < -0.3 is 15.2 Å². The topological polar surface area (TPSA) is 105 Å². The molecule has 0 aromatic heterocycles. The third-order valence-corrected chi connectivity index (χ3v) is 6.18. The summed E-state index contributed by atoms with van der Waals surface area (Å²) in [6, 6.07) is 19.6. The Balaban J connectivity index is 1.86. The Morgan fingerprint density at radius 2 is 1.68 bits per heavy atom. The molecule has 3 rings (SSSR count). The Labute approximate surface area is 181 Å². The molecule has 0 aliphatic carbocycles. The number of carbonyl (C=O) groups is 1. The number of anilines is 2. The van der Waals surface area contributed by atoms with Crippen LogP contribution in [0.5, 0.6) is 11.5 Å². The van der Waals surface area contributed by atoms with E-state index in [1.165, 1.54) is 25.3 Å². The maximum Gasteiger partial charge on any atom is 0.262 e. The molecule has 31 heavy (non-hydrogen) atoms. The summed E-state index contributed by atoms with van der Waals surface area (Å²) in [5, 5.41) is 12.8. The van der Waals surface area contributed by atoms with Crippen molar-refractivity contribution in [3.63, 3.8) is 0 Å². The quantitative estimate of drug-likeness (QED) is 0.452. The smallest absolute Gasteiger partial charge is 0.262 e. The number of benzene rings is 3. The maximum atomic E-state index is 12.9. The van der Waals surface area contributed by atoms with Gasteiger partial charge in [-0.05, 0) is 42.3 Å². The first-order chi connectivity index (χ1) is 14.9. The number of methoxy groups -OCH3 is 1. The Bertz CT molecular complexity index is 1160. The van der Waals surface area contributed by atoms with Gasteiger partial charge in [0, 0.05) is 0 Å². The number of aromatic hydroxyl groups is 1. The van der Waals surface area contributed by atoms with Crippen molar-refractivity contribution in [1.82, 2.24) is 0 Å². The zero-order valence-electron chi connectivity index (χ0n) is 17.2. The number of amides is 1. The Morgan fingerprint density at radius 3 is 2.35 bits per heavy atom. The molecule has 0 fully saturated rings. The van der Waals surface area contributed by atoms with Gasteiger partial charge in [0.2, 0.25) is 5.91 Å². The summed E-state index contributed by atoms with van der Waals surface area (Å²) in [5.74, 6) is -0.636. The number of phenolic OH excluding ortho intramolecular Hbond substituents is 1. The van der Waals surface area contributed by atoms with Crippen LogP contribution in [0.1, 0.15) is 24.8 Å². The highest BCUT2D eigenvalue weighted by atomic mass is 32.2. The molecule has 3 aromatic carbocycles. The monoisotopic (exact) mass is 440 g/mol. The van der Waals surface area contributed by atoms with E-state index in [1.54, 1.807) is 24.3 Å². The average molecular weight is 441 g/mol. The molecule has 8 heteroatoms. The zero-order chi connectivity index (χ0) is 22.4. The summed E-state index contributed by atoms with van der Waals surface area (Å²) in [6.07, 6.45) is 0.546. The van der Waals surface area contributed by atoms with Crippen LogP contribution in [-0.4, -0.2) is 26.5 Å². The first kappa shape index (κ1) is 22.2. The second kappa shape index (κ2) is 9.53. The molecular weight excluding hydrogens is 416 g/mol. The summed E-state index contributed by atoms with van der Waals surface area (Å²) in [7, 11) is -2.55. The Kier molecular flexibility index (Phi) is 6.81. The van der Waals surface area contributed by atoms with Crippen LogP contribution in [0.4, 0.5) is 11.4 Å². The van der Waals surface area contributed by atoms with Gasteiger partial charge in [-0.3, -0.25) is 9.52 Å². The fourth-order valence-electron chi connectivity index (χ4n) is 3.19. The number of para-hydroxylation sites is 2. The number of hydrogen-bond acceptors (Lipinski definition) is 5. The van der Waals surface area contributed by atoms with Gasteiger partial charge in [0.1, 0.15) is 11.5 Å². The largest absolute Gasteiger partial charge is 0.506 e. The number of carbonyl (C=O) groups excluding carboxylic acids is 1. The lowest BCUT2D eigenvalue weighted by Crippen LogP contribution is -2.21. The van der Waals surface area contributed by atoms with Gasteiger partial charge in [0.15, 0.2) is 0 Å². The first-order valence-corrected chi connectivity index (χ1v) is 11.2. The highest BCUT2D eigenvalue weighted by Crippen LogP contribution is 2.31. The van der Waals surface area contributed by atoms with Crippen molar-refractivity contribution >= 4 is 27.3 Å². The van der Waals surface area contributed by atoms with Crippen molar-refractivity contribution in [2.24, 2.45) is 0 Å². The van der Waals surface area contributed by atoms with Gasteiger partial charge in [0.05, 0.1) is 29.3 Å².